The average Bonchev–Trinajstić information content (AvgIpc) is 2.76. The number of hydrogen-bond donors (Lipinski definition) is 2. The largest absolute Gasteiger partial charge is 0.508 e. The number of fused-ring (bicyclic) bond motifs is 1. The highest BCUT2D eigenvalue weighted by Crippen LogP contribution is 2.46. The number of carbonyl (C=O) groups is 1. The minimum absolute atomic E-state index is 0.0359. The Labute approximate surface area is 183 Å². The number of halogens is 2. The third kappa shape index (κ3) is 3.44. The summed E-state index contributed by atoms with van der Waals surface area (Å²) >= 11 is 0. The summed E-state index contributed by atoms with van der Waals surface area (Å²) in [6, 6.07) is 11.0. The van der Waals surface area contributed by atoms with Gasteiger partial charge in [0.1, 0.15) is 17.4 Å². The molecular formula is C24H22F2N2O4. The SMILES string of the molecule is O=C(O)C1(F)CN(c2nc3cc(O)ccc3c(-c3ccc(F)cc3)c2C2CCOCC2)C1. The van der Waals surface area contributed by atoms with Gasteiger partial charge in [-0.1, -0.05) is 12.1 Å². The second kappa shape index (κ2) is 7.70. The number of carboxylic acid groups (broad SMARTS) is 1. The van der Waals surface area contributed by atoms with Crippen molar-refractivity contribution in [3.05, 3.63) is 53.8 Å². The van der Waals surface area contributed by atoms with Gasteiger partial charge < -0.3 is 19.8 Å². The number of benzene rings is 2. The van der Waals surface area contributed by atoms with Crippen LogP contribution in [-0.2, 0) is 9.53 Å². The van der Waals surface area contributed by atoms with E-state index in [2.05, 4.69) is 0 Å². The van der Waals surface area contributed by atoms with Crippen molar-refractivity contribution in [3.63, 3.8) is 0 Å². The number of hydrogen-bond acceptors (Lipinski definition) is 5. The molecule has 2 saturated heterocycles. The highest BCUT2D eigenvalue weighted by atomic mass is 19.1. The number of aromatic nitrogens is 1. The molecule has 0 saturated carbocycles. The van der Waals surface area contributed by atoms with Crippen LogP contribution in [0.15, 0.2) is 42.5 Å². The molecule has 0 amide bonds. The molecule has 1 aromatic heterocycles. The van der Waals surface area contributed by atoms with E-state index in [0.717, 1.165) is 34.9 Å². The van der Waals surface area contributed by atoms with Crippen molar-refractivity contribution in [1.29, 1.82) is 0 Å². The summed E-state index contributed by atoms with van der Waals surface area (Å²) in [4.78, 5) is 17.7. The summed E-state index contributed by atoms with van der Waals surface area (Å²) in [5.41, 5.74) is 0.673. The maximum atomic E-state index is 14.6. The van der Waals surface area contributed by atoms with Gasteiger partial charge in [0.2, 0.25) is 5.67 Å². The second-order valence-electron chi connectivity index (χ2n) is 8.45. The predicted molar refractivity (Wildman–Crippen MR) is 115 cm³/mol. The van der Waals surface area contributed by atoms with Gasteiger partial charge in [-0.25, -0.2) is 18.6 Å². The summed E-state index contributed by atoms with van der Waals surface area (Å²) in [7, 11) is 0. The third-order valence-electron chi connectivity index (χ3n) is 6.32. The molecule has 2 aliphatic heterocycles. The Morgan fingerprint density at radius 1 is 1.12 bits per heavy atom. The predicted octanol–water partition coefficient (Wildman–Crippen LogP) is 4.25. The van der Waals surface area contributed by atoms with Crippen molar-refractivity contribution in [2.75, 3.05) is 31.2 Å². The van der Waals surface area contributed by atoms with Crippen LogP contribution in [0.2, 0.25) is 0 Å². The lowest BCUT2D eigenvalue weighted by molar-refractivity contribution is -0.152. The Balaban J connectivity index is 1.76. The van der Waals surface area contributed by atoms with Crippen LogP contribution in [0, 0.1) is 5.82 Å². The van der Waals surface area contributed by atoms with E-state index >= 15 is 0 Å². The molecule has 2 N–H and O–H groups in total. The van der Waals surface area contributed by atoms with Crippen molar-refractivity contribution < 1.29 is 28.5 Å². The van der Waals surface area contributed by atoms with E-state index in [1.54, 1.807) is 29.2 Å². The summed E-state index contributed by atoms with van der Waals surface area (Å²) in [5, 5.41) is 20.1. The Bertz CT molecular complexity index is 1190. The Morgan fingerprint density at radius 2 is 1.81 bits per heavy atom. The number of nitrogens with zero attached hydrogens (tertiary/aromatic N) is 2. The summed E-state index contributed by atoms with van der Waals surface area (Å²) < 4.78 is 33.8. The van der Waals surface area contributed by atoms with Gasteiger partial charge in [-0.2, -0.15) is 0 Å². The first-order valence-corrected chi connectivity index (χ1v) is 10.5. The van der Waals surface area contributed by atoms with Crippen molar-refractivity contribution in [3.8, 4) is 16.9 Å². The number of carboxylic acids is 1. The molecular weight excluding hydrogens is 418 g/mol. The maximum Gasteiger partial charge on any atom is 0.345 e. The minimum atomic E-state index is -2.32. The molecule has 2 aliphatic rings. The van der Waals surface area contributed by atoms with Crippen LogP contribution in [0.3, 0.4) is 0 Å². The highest BCUT2D eigenvalue weighted by Gasteiger charge is 2.52. The molecule has 0 bridgehead atoms. The zero-order chi connectivity index (χ0) is 22.5. The smallest absolute Gasteiger partial charge is 0.345 e. The normalized spacial score (nSPS) is 18.5. The van der Waals surface area contributed by atoms with Gasteiger partial charge in [0.25, 0.3) is 0 Å². The molecule has 0 unspecified atom stereocenters. The van der Waals surface area contributed by atoms with E-state index in [4.69, 9.17) is 9.72 Å². The fourth-order valence-corrected chi connectivity index (χ4v) is 4.64. The lowest BCUT2D eigenvalue weighted by atomic mass is 9.83. The van der Waals surface area contributed by atoms with Gasteiger partial charge in [-0.3, -0.25) is 0 Å². The Kier molecular flexibility index (Phi) is 4.97. The van der Waals surface area contributed by atoms with Crippen molar-refractivity contribution in [2.24, 2.45) is 0 Å². The molecule has 2 fully saturated rings. The van der Waals surface area contributed by atoms with Crippen LogP contribution in [0.25, 0.3) is 22.0 Å². The van der Waals surface area contributed by atoms with E-state index in [1.807, 2.05) is 0 Å². The lowest BCUT2D eigenvalue weighted by Gasteiger charge is -2.44. The molecule has 3 aromatic rings. The van der Waals surface area contributed by atoms with Crippen LogP contribution in [0.4, 0.5) is 14.6 Å². The number of phenolic OH excluding ortho intramolecular Hbond substituents is 1. The van der Waals surface area contributed by atoms with Gasteiger partial charge in [0, 0.05) is 30.2 Å². The quantitative estimate of drug-likeness (QED) is 0.631. The number of aromatic hydroxyl groups is 1. The molecule has 2 aromatic carbocycles. The molecule has 5 rings (SSSR count). The van der Waals surface area contributed by atoms with E-state index in [-0.39, 0.29) is 30.6 Å². The van der Waals surface area contributed by atoms with Crippen molar-refractivity contribution in [1.82, 2.24) is 4.98 Å². The first kappa shape index (κ1) is 20.6. The highest BCUT2D eigenvalue weighted by molar-refractivity contribution is 6.00. The van der Waals surface area contributed by atoms with E-state index in [9.17, 15) is 23.8 Å². The van der Waals surface area contributed by atoms with E-state index < -0.39 is 11.6 Å². The fourth-order valence-electron chi connectivity index (χ4n) is 4.64. The lowest BCUT2D eigenvalue weighted by Crippen LogP contribution is -2.64. The first-order valence-electron chi connectivity index (χ1n) is 10.5. The van der Waals surface area contributed by atoms with Crippen molar-refractivity contribution in [2.45, 2.75) is 24.4 Å². The van der Waals surface area contributed by atoms with Gasteiger partial charge in [0.05, 0.1) is 18.6 Å². The molecule has 32 heavy (non-hydrogen) atoms. The monoisotopic (exact) mass is 440 g/mol. The van der Waals surface area contributed by atoms with E-state index in [1.165, 1.54) is 18.2 Å². The summed E-state index contributed by atoms with van der Waals surface area (Å²) in [6.45, 7) is 0.531. The van der Waals surface area contributed by atoms with Crippen LogP contribution >= 0.6 is 0 Å². The zero-order valence-electron chi connectivity index (χ0n) is 17.2. The molecule has 6 nitrogen and oxygen atoms in total. The van der Waals surface area contributed by atoms with Crippen molar-refractivity contribution >= 4 is 22.7 Å². The average molecular weight is 440 g/mol. The van der Waals surface area contributed by atoms with Gasteiger partial charge in [-0.05, 0) is 54.2 Å². The number of ether oxygens (including phenoxy) is 1. The number of aliphatic carboxylic acids is 1. The van der Waals surface area contributed by atoms with Gasteiger partial charge in [0.15, 0.2) is 0 Å². The number of phenols is 1. The molecule has 3 heterocycles. The third-order valence-corrected chi connectivity index (χ3v) is 6.32. The fraction of sp³-hybridized carbons (Fsp3) is 0.333. The maximum absolute atomic E-state index is 14.6. The molecule has 0 spiro atoms. The van der Waals surface area contributed by atoms with Gasteiger partial charge in [-0.15, -0.1) is 0 Å². The standard InChI is InChI=1S/C24H22F2N2O4/c25-16-3-1-14(2-4-16)20-18-6-5-17(29)11-19(18)27-22(21(20)15-7-9-32-10-8-15)28-12-24(26,13-28)23(30)31/h1-6,11,15,29H,7-10,12-13H2,(H,30,31). The number of anilines is 1. The molecule has 0 aliphatic carbocycles. The van der Waals surface area contributed by atoms with Crippen LogP contribution < -0.4 is 4.90 Å². The Morgan fingerprint density at radius 3 is 2.47 bits per heavy atom. The molecule has 166 valence electrons. The van der Waals surface area contributed by atoms with Crippen LogP contribution in [0.5, 0.6) is 5.75 Å². The minimum Gasteiger partial charge on any atom is -0.508 e. The van der Waals surface area contributed by atoms with E-state index in [0.29, 0.717) is 24.5 Å². The zero-order valence-corrected chi connectivity index (χ0v) is 17.2. The number of pyridine rings is 1. The van der Waals surface area contributed by atoms with Gasteiger partial charge >= 0.3 is 5.97 Å². The Hall–Kier alpha value is -3.26. The topological polar surface area (TPSA) is 82.9 Å². The summed E-state index contributed by atoms with van der Waals surface area (Å²) in [5.74, 6) is -1.25. The first-order chi connectivity index (χ1) is 15.4. The van der Waals surface area contributed by atoms with Crippen LogP contribution in [0.1, 0.15) is 24.3 Å². The number of rotatable bonds is 4. The molecule has 0 radical (unpaired) electrons. The molecule has 0 atom stereocenters. The molecule has 8 heteroatoms. The second-order valence-corrected chi connectivity index (χ2v) is 8.45. The number of alkyl halides is 1. The van der Waals surface area contributed by atoms with Crippen LogP contribution in [-0.4, -0.2) is 53.1 Å². The summed E-state index contributed by atoms with van der Waals surface area (Å²) in [6.07, 6.45) is 1.47.